The van der Waals surface area contributed by atoms with Crippen LogP contribution in [0.25, 0.3) is 22.0 Å². The molecule has 0 aliphatic heterocycles. The Kier molecular flexibility index (Phi) is 6.20. The summed E-state index contributed by atoms with van der Waals surface area (Å²) in [7, 11) is 0.601. The Labute approximate surface area is 206 Å². The van der Waals surface area contributed by atoms with Gasteiger partial charge in [-0.25, -0.2) is 4.57 Å². The fourth-order valence-corrected chi connectivity index (χ4v) is 8.51. The molecule has 1 nitrogen and oxygen atoms in total. The second kappa shape index (κ2) is 9.15. The number of aromatic nitrogens is 1. The van der Waals surface area contributed by atoms with Crippen LogP contribution in [0.1, 0.15) is 53.9 Å². The zero-order valence-electron chi connectivity index (χ0n) is 21.5. The van der Waals surface area contributed by atoms with E-state index in [0.29, 0.717) is 0 Å². The highest BCUT2D eigenvalue weighted by Crippen LogP contribution is 2.38. The topological polar surface area (TPSA) is 3.88 Å². The van der Waals surface area contributed by atoms with E-state index in [9.17, 15) is 0 Å². The fourth-order valence-electron chi connectivity index (χ4n) is 5.97. The number of fused-ring (bicyclic) bond motifs is 1. The first-order valence-electron chi connectivity index (χ1n) is 12.9. The molecule has 174 valence electrons. The number of nitrogens with zero attached hydrogens (tertiary/aromatic N) is 1. The van der Waals surface area contributed by atoms with Gasteiger partial charge < -0.3 is 0 Å². The summed E-state index contributed by atoms with van der Waals surface area (Å²) < 4.78 is 2.33. The van der Waals surface area contributed by atoms with Crippen LogP contribution in [0.3, 0.4) is 0 Å². The lowest BCUT2D eigenvalue weighted by Gasteiger charge is -2.24. The zero-order valence-corrected chi connectivity index (χ0v) is 22.5. The van der Waals surface area contributed by atoms with Crippen LogP contribution in [-0.2, 0) is 13.1 Å². The second-order valence-electron chi connectivity index (χ2n) is 11.1. The molecule has 0 radical (unpaired) electrons. The predicted octanol–water partition coefficient (Wildman–Crippen LogP) is 7.30. The van der Waals surface area contributed by atoms with Crippen LogP contribution in [0.2, 0.25) is 13.1 Å². The molecule has 1 fully saturated rings. The lowest BCUT2D eigenvalue weighted by molar-refractivity contribution is -0.659. The van der Waals surface area contributed by atoms with Crippen molar-refractivity contribution in [3.63, 3.8) is 0 Å². The van der Waals surface area contributed by atoms with E-state index in [2.05, 4.69) is 111 Å². The van der Waals surface area contributed by atoms with E-state index >= 15 is 0 Å². The average Bonchev–Trinajstić information content (AvgIpc) is 3.36. The van der Waals surface area contributed by atoms with Gasteiger partial charge in [0.25, 0.3) is 0 Å². The second-order valence-corrected chi connectivity index (χ2v) is 15.8. The lowest BCUT2D eigenvalue weighted by Crippen LogP contribution is -2.44. The van der Waals surface area contributed by atoms with E-state index in [-0.39, 0.29) is 0 Å². The third-order valence-electron chi connectivity index (χ3n) is 8.18. The maximum absolute atomic E-state index is 2.51. The van der Waals surface area contributed by atoms with Crippen molar-refractivity contribution < 1.29 is 4.57 Å². The smallest absolute Gasteiger partial charge is 0.200 e. The molecule has 0 N–H and O–H groups in total. The van der Waals surface area contributed by atoms with E-state index in [1.165, 1.54) is 75.6 Å². The van der Waals surface area contributed by atoms with Crippen LogP contribution in [-0.4, -0.2) is 8.07 Å². The molecule has 0 atom stereocenters. The maximum Gasteiger partial charge on any atom is 0.220 e. The van der Waals surface area contributed by atoms with Crippen molar-refractivity contribution in [2.24, 2.45) is 7.05 Å². The normalized spacial score (nSPS) is 14.7. The highest BCUT2D eigenvalue weighted by atomic mass is 28.3. The quantitative estimate of drug-likeness (QED) is 0.215. The molecule has 0 unspecified atom stereocenters. The summed E-state index contributed by atoms with van der Waals surface area (Å²) in [5.74, 6) is 0.731. The molecule has 4 aromatic rings. The molecule has 34 heavy (non-hydrogen) atoms. The van der Waals surface area contributed by atoms with Crippen LogP contribution < -0.4 is 9.75 Å². The maximum atomic E-state index is 2.51. The lowest BCUT2D eigenvalue weighted by atomic mass is 9.89. The molecular weight excluding hydrogens is 426 g/mol. The minimum Gasteiger partial charge on any atom is -0.200 e. The first kappa shape index (κ1) is 23.0. The van der Waals surface area contributed by atoms with Gasteiger partial charge in [0.2, 0.25) is 5.69 Å². The van der Waals surface area contributed by atoms with Gasteiger partial charge in [-0.15, -0.1) is 0 Å². The molecule has 1 aromatic heterocycles. The zero-order chi connectivity index (χ0) is 23.9. The molecule has 1 heterocycles. The number of aryl methyl sites for hydroxylation is 2. The molecule has 1 aliphatic rings. The van der Waals surface area contributed by atoms with Crippen LogP contribution in [0.15, 0.2) is 72.9 Å². The van der Waals surface area contributed by atoms with E-state index in [1.807, 2.05) is 0 Å². The third-order valence-corrected chi connectivity index (χ3v) is 11.3. The van der Waals surface area contributed by atoms with Crippen molar-refractivity contribution in [1.82, 2.24) is 0 Å². The van der Waals surface area contributed by atoms with Gasteiger partial charge in [0.1, 0.15) is 7.05 Å². The van der Waals surface area contributed by atoms with E-state index < -0.39 is 8.07 Å². The summed E-state index contributed by atoms with van der Waals surface area (Å²) in [4.78, 5) is 0. The number of rotatable bonds is 5. The van der Waals surface area contributed by atoms with Gasteiger partial charge in [0.05, 0.1) is 19.0 Å². The monoisotopic (exact) mass is 464 g/mol. The molecule has 5 rings (SSSR count). The van der Waals surface area contributed by atoms with Gasteiger partial charge in [-0.05, 0) is 72.9 Å². The summed E-state index contributed by atoms with van der Waals surface area (Å²) in [5, 5.41) is 4.27. The molecular formula is C32H38NSi+. The van der Waals surface area contributed by atoms with Crippen LogP contribution in [0, 0.1) is 13.8 Å². The largest absolute Gasteiger partial charge is 0.220 e. The third kappa shape index (κ3) is 4.36. The Balaban J connectivity index is 1.60. The molecule has 2 heteroatoms. The molecule has 0 saturated heterocycles. The van der Waals surface area contributed by atoms with Crippen molar-refractivity contribution in [3.8, 4) is 11.3 Å². The number of benzene rings is 3. The van der Waals surface area contributed by atoms with Gasteiger partial charge in [0, 0.05) is 6.07 Å². The van der Waals surface area contributed by atoms with Gasteiger partial charge in [-0.1, -0.05) is 85.2 Å². The van der Waals surface area contributed by atoms with Crippen LogP contribution in [0.4, 0.5) is 0 Å². The van der Waals surface area contributed by atoms with Crippen LogP contribution >= 0.6 is 0 Å². The molecule has 3 aromatic carbocycles. The Hall–Kier alpha value is -2.71. The Morgan fingerprint density at radius 2 is 1.62 bits per heavy atom. The van der Waals surface area contributed by atoms with Gasteiger partial charge in [-0.2, -0.15) is 0 Å². The fraction of sp³-hybridized carbons (Fsp3) is 0.344. The first-order valence-corrected chi connectivity index (χ1v) is 16.1. The number of hydrogen-bond acceptors (Lipinski definition) is 0. The Morgan fingerprint density at radius 1 is 0.882 bits per heavy atom. The molecule has 0 amide bonds. The van der Waals surface area contributed by atoms with Crippen molar-refractivity contribution in [3.05, 3.63) is 95.2 Å². The van der Waals surface area contributed by atoms with E-state index in [4.69, 9.17) is 0 Å². The molecule has 1 saturated carbocycles. The van der Waals surface area contributed by atoms with Crippen LogP contribution in [0.5, 0.6) is 0 Å². The summed E-state index contributed by atoms with van der Waals surface area (Å²) in [6.07, 6.45) is 7.69. The molecule has 1 aliphatic carbocycles. The summed E-state index contributed by atoms with van der Waals surface area (Å²) >= 11 is 0. The average molecular weight is 465 g/mol. The minimum atomic E-state index is -1.60. The van der Waals surface area contributed by atoms with Crippen molar-refractivity contribution >= 4 is 24.0 Å². The van der Waals surface area contributed by atoms with E-state index in [0.717, 1.165) is 5.92 Å². The standard InChI is InChI=1S/C32H38NSi/c1-23-19-28(26-13-9-10-14-26)21-31(24(23)2)32-30-16-15-29(20-27(30)17-18-33(32)3)34(4,5)22-25-11-7-6-8-12-25/h6-8,11-12,15-21,26H,9-10,13-14,22H2,1-5H3/q+1. The van der Waals surface area contributed by atoms with Gasteiger partial charge in [0.15, 0.2) is 6.20 Å². The number of pyridine rings is 1. The predicted molar refractivity (Wildman–Crippen MR) is 149 cm³/mol. The first-order chi connectivity index (χ1) is 16.3. The highest BCUT2D eigenvalue weighted by molar-refractivity contribution is 6.89. The summed E-state index contributed by atoms with van der Waals surface area (Å²) in [6.45, 7) is 9.59. The highest BCUT2D eigenvalue weighted by Gasteiger charge is 2.26. The Bertz CT molecular complexity index is 1330. The molecule has 0 bridgehead atoms. The molecule has 0 spiro atoms. The van der Waals surface area contributed by atoms with Crippen molar-refractivity contribution in [2.45, 2.75) is 64.6 Å². The number of hydrogen-bond donors (Lipinski definition) is 0. The van der Waals surface area contributed by atoms with Gasteiger partial charge >= 0.3 is 0 Å². The Morgan fingerprint density at radius 3 is 2.35 bits per heavy atom. The van der Waals surface area contributed by atoms with E-state index in [1.54, 1.807) is 5.56 Å². The van der Waals surface area contributed by atoms with Crippen molar-refractivity contribution in [1.29, 1.82) is 0 Å². The van der Waals surface area contributed by atoms with Crippen molar-refractivity contribution in [2.75, 3.05) is 0 Å². The SMILES string of the molecule is Cc1cc(C2CCCC2)cc(-c2c3ccc([Si](C)(C)Cc4ccccc4)cc3cc[n+]2C)c1C. The summed E-state index contributed by atoms with van der Waals surface area (Å²) in [6, 6.07) is 26.7. The summed E-state index contributed by atoms with van der Waals surface area (Å²) in [5.41, 5.74) is 8.59. The minimum absolute atomic E-state index is 0.731. The van der Waals surface area contributed by atoms with Gasteiger partial charge in [-0.3, -0.25) is 0 Å².